The molecule has 0 saturated carbocycles. The third kappa shape index (κ3) is 4.06. The molecule has 1 aliphatic rings. The number of anilines is 1. The molecule has 24 heavy (non-hydrogen) atoms. The minimum absolute atomic E-state index is 0.102. The molecule has 6 nitrogen and oxygen atoms in total. The minimum atomic E-state index is -0.724. The zero-order valence-electron chi connectivity index (χ0n) is 13.9. The van der Waals surface area contributed by atoms with Gasteiger partial charge in [-0.1, -0.05) is 31.5 Å². The van der Waals surface area contributed by atoms with E-state index in [0.29, 0.717) is 10.7 Å². The van der Waals surface area contributed by atoms with Gasteiger partial charge in [-0.15, -0.1) is 0 Å². The predicted octanol–water partition coefficient (Wildman–Crippen LogP) is 2.01. The van der Waals surface area contributed by atoms with Crippen LogP contribution in [0.5, 0.6) is 0 Å². The van der Waals surface area contributed by atoms with Crippen LogP contribution in [-0.2, 0) is 19.1 Å². The van der Waals surface area contributed by atoms with E-state index in [9.17, 15) is 14.4 Å². The topological polar surface area (TPSA) is 75.7 Å². The Morgan fingerprint density at radius 2 is 2.08 bits per heavy atom. The summed E-state index contributed by atoms with van der Waals surface area (Å²) in [7, 11) is 1.28. The van der Waals surface area contributed by atoms with Gasteiger partial charge in [-0.05, 0) is 24.1 Å². The number of nitrogens with one attached hydrogen (secondary N) is 1. The maximum atomic E-state index is 12.4. The van der Waals surface area contributed by atoms with Crippen LogP contribution in [0.15, 0.2) is 24.3 Å². The number of carbonyl (C=O) groups excluding carboxylic acids is 3. The van der Waals surface area contributed by atoms with Crippen molar-refractivity contribution in [2.24, 2.45) is 11.8 Å². The van der Waals surface area contributed by atoms with Crippen molar-refractivity contribution in [3.63, 3.8) is 0 Å². The number of esters is 1. The molecule has 1 N–H and O–H groups in total. The van der Waals surface area contributed by atoms with E-state index in [2.05, 4.69) is 5.32 Å². The van der Waals surface area contributed by atoms with Gasteiger partial charge in [0, 0.05) is 23.7 Å². The number of nitrogens with zero attached hydrogens (tertiary/aromatic N) is 1. The van der Waals surface area contributed by atoms with Gasteiger partial charge in [-0.25, -0.2) is 4.79 Å². The van der Waals surface area contributed by atoms with E-state index in [1.165, 1.54) is 7.11 Å². The van der Waals surface area contributed by atoms with Crippen LogP contribution in [0.25, 0.3) is 0 Å². The molecule has 1 aliphatic heterocycles. The van der Waals surface area contributed by atoms with Crippen LogP contribution in [0.3, 0.4) is 0 Å². The summed E-state index contributed by atoms with van der Waals surface area (Å²) in [6, 6.07) is 6.21. The van der Waals surface area contributed by atoms with Crippen LogP contribution in [0.2, 0.25) is 5.02 Å². The molecule has 0 radical (unpaired) electrons. The predicted molar refractivity (Wildman–Crippen MR) is 90.7 cm³/mol. The fourth-order valence-corrected chi connectivity index (χ4v) is 2.86. The summed E-state index contributed by atoms with van der Waals surface area (Å²) < 4.78 is 4.72. The first-order chi connectivity index (χ1) is 11.3. The highest BCUT2D eigenvalue weighted by Gasteiger charge is 2.37. The second-order valence-corrected chi connectivity index (χ2v) is 6.58. The smallest absolute Gasteiger partial charge is 0.328 e. The molecule has 2 atom stereocenters. The highest BCUT2D eigenvalue weighted by atomic mass is 35.5. The highest BCUT2D eigenvalue weighted by molar-refractivity contribution is 6.31. The highest BCUT2D eigenvalue weighted by Crippen LogP contribution is 2.27. The molecule has 0 bridgehead atoms. The minimum Gasteiger partial charge on any atom is -0.467 e. The Morgan fingerprint density at radius 1 is 1.38 bits per heavy atom. The number of benzene rings is 1. The Balaban J connectivity index is 2.07. The van der Waals surface area contributed by atoms with Crippen molar-refractivity contribution in [3.8, 4) is 0 Å². The van der Waals surface area contributed by atoms with Gasteiger partial charge in [0.05, 0.1) is 13.0 Å². The van der Waals surface area contributed by atoms with Crippen LogP contribution in [0.4, 0.5) is 5.69 Å². The van der Waals surface area contributed by atoms with E-state index in [1.54, 1.807) is 29.2 Å². The maximum absolute atomic E-state index is 12.4. The number of amides is 2. The molecule has 1 heterocycles. The van der Waals surface area contributed by atoms with E-state index in [-0.39, 0.29) is 30.7 Å². The number of carbonyl (C=O) groups is 3. The van der Waals surface area contributed by atoms with Gasteiger partial charge in [0.15, 0.2) is 0 Å². The fourth-order valence-electron chi connectivity index (χ4n) is 2.67. The summed E-state index contributed by atoms with van der Waals surface area (Å²) in [5.74, 6) is -1.58. The number of methoxy groups -OCH3 is 1. The molecule has 2 amide bonds. The first-order valence-corrected chi connectivity index (χ1v) is 8.15. The van der Waals surface area contributed by atoms with Crippen LogP contribution in [0, 0.1) is 11.8 Å². The molecule has 1 fully saturated rings. The summed E-state index contributed by atoms with van der Waals surface area (Å²) in [6.45, 7) is 3.90. The van der Waals surface area contributed by atoms with Gasteiger partial charge in [0.25, 0.3) is 0 Å². The first kappa shape index (κ1) is 18.3. The summed E-state index contributed by atoms with van der Waals surface area (Å²) in [5.41, 5.74) is 0.663. The molecule has 0 aliphatic carbocycles. The molecule has 7 heteroatoms. The molecular formula is C17H21ClN2O4. The normalized spacial score (nSPS) is 18.6. The fraction of sp³-hybridized carbons (Fsp3) is 0.471. The molecule has 1 aromatic rings. The van der Waals surface area contributed by atoms with E-state index < -0.39 is 17.9 Å². The molecule has 2 rings (SSSR count). The number of halogens is 1. The lowest BCUT2D eigenvalue weighted by molar-refractivity contribution is -0.146. The van der Waals surface area contributed by atoms with E-state index in [0.717, 1.165) is 0 Å². The monoisotopic (exact) mass is 352 g/mol. The third-order valence-corrected chi connectivity index (χ3v) is 4.27. The summed E-state index contributed by atoms with van der Waals surface area (Å²) in [5, 5.41) is 3.22. The molecular weight excluding hydrogens is 332 g/mol. The van der Waals surface area contributed by atoms with Crippen LogP contribution >= 0.6 is 11.6 Å². The van der Waals surface area contributed by atoms with Crippen LogP contribution in [0.1, 0.15) is 20.3 Å². The van der Waals surface area contributed by atoms with Crippen molar-refractivity contribution >= 4 is 35.1 Å². The Labute approximate surface area is 146 Å². The quantitative estimate of drug-likeness (QED) is 0.822. The van der Waals surface area contributed by atoms with Gasteiger partial charge in [0.2, 0.25) is 11.8 Å². The van der Waals surface area contributed by atoms with Crippen LogP contribution in [-0.4, -0.2) is 37.5 Å². The Morgan fingerprint density at radius 3 is 2.67 bits per heavy atom. The maximum Gasteiger partial charge on any atom is 0.328 e. The van der Waals surface area contributed by atoms with E-state index >= 15 is 0 Å². The SMILES string of the molecule is COC(=O)[C@@H](NC(=O)[C@@H]1CC(=O)N(c2cccc(Cl)c2)C1)C(C)C. The average Bonchev–Trinajstić information content (AvgIpc) is 2.93. The zero-order chi connectivity index (χ0) is 17.9. The first-order valence-electron chi connectivity index (χ1n) is 7.77. The molecule has 1 aromatic carbocycles. The van der Waals surface area contributed by atoms with Crippen LogP contribution < -0.4 is 10.2 Å². The largest absolute Gasteiger partial charge is 0.467 e. The van der Waals surface area contributed by atoms with Gasteiger partial charge >= 0.3 is 5.97 Å². The van der Waals surface area contributed by atoms with Gasteiger partial charge in [0.1, 0.15) is 6.04 Å². The van der Waals surface area contributed by atoms with Crippen molar-refractivity contribution in [1.82, 2.24) is 5.32 Å². The number of rotatable bonds is 5. The molecule has 0 aromatic heterocycles. The van der Waals surface area contributed by atoms with Crippen molar-refractivity contribution in [2.45, 2.75) is 26.3 Å². The standard InChI is InChI=1S/C17H21ClN2O4/c1-10(2)15(17(23)24-3)19-16(22)11-7-14(21)20(9-11)13-6-4-5-12(18)8-13/h4-6,8,10-11,15H,7,9H2,1-3H3,(H,19,22)/t11-,15+/m1/s1. The Bertz CT molecular complexity index is 647. The van der Waals surface area contributed by atoms with E-state index in [4.69, 9.17) is 16.3 Å². The molecule has 0 unspecified atom stereocenters. The second-order valence-electron chi connectivity index (χ2n) is 6.14. The zero-order valence-corrected chi connectivity index (χ0v) is 14.7. The third-order valence-electron chi connectivity index (χ3n) is 4.04. The van der Waals surface area contributed by atoms with E-state index in [1.807, 2.05) is 13.8 Å². The summed E-state index contributed by atoms with van der Waals surface area (Å²) in [4.78, 5) is 38.0. The van der Waals surface area contributed by atoms with Gasteiger partial charge in [-0.3, -0.25) is 9.59 Å². The summed E-state index contributed by atoms with van der Waals surface area (Å²) in [6.07, 6.45) is 0.102. The Kier molecular flexibility index (Phi) is 5.83. The van der Waals surface area contributed by atoms with Crippen molar-refractivity contribution in [3.05, 3.63) is 29.3 Å². The van der Waals surface area contributed by atoms with Crippen molar-refractivity contribution in [1.29, 1.82) is 0 Å². The second kappa shape index (κ2) is 7.66. The molecule has 130 valence electrons. The molecule has 0 spiro atoms. The average molecular weight is 353 g/mol. The molecule has 1 saturated heterocycles. The lowest BCUT2D eigenvalue weighted by atomic mass is 10.0. The lowest BCUT2D eigenvalue weighted by Gasteiger charge is -2.22. The summed E-state index contributed by atoms with van der Waals surface area (Å²) >= 11 is 5.96. The number of ether oxygens (including phenoxy) is 1. The van der Waals surface area contributed by atoms with Gasteiger partial charge in [-0.2, -0.15) is 0 Å². The van der Waals surface area contributed by atoms with Crippen molar-refractivity contribution in [2.75, 3.05) is 18.6 Å². The van der Waals surface area contributed by atoms with Gasteiger partial charge < -0.3 is 15.0 Å². The van der Waals surface area contributed by atoms with Crippen molar-refractivity contribution < 1.29 is 19.1 Å². The Hall–Kier alpha value is -2.08. The number of hydrogen-bond acceptors (Lipinski definition) is 4. The number of hydrogen-bond donors (Lipinski definition) is 1. The lowest BCUT2D eigenvalue weighted by Crippen LogP contribution is -2.47.